The van der Waals surface area contributed by atoms with Gasteiger partial charge in [0.1, 0.15) is 0 Å². The van der Waals surface area contributed by atoms with Gasteiger partial charge in [-0.15, -0.1) is 0 Å². The van der Waals surface area contributed by atoms with Gasteiger partial charge in [-0.05, 0) is 56.9 Å². The molecule has 0 fully saturated rings. The highest BCUT2D eigenvalue weighted by molar-refractivity contribution is 9.10. The third-order valence-corrected chi connectivity index (χ3v) is 6.18. The second-order valence-corrected chi connectivity index (χ2v) is 7.72. The Balaban J connectivity index is 1.99. The first-order valence-corrected chi connectivity index (χ1v) is 9.67. The maximum absolute atomic E-state index is 13.3. The average molecular weight is 431 g/mol. The maximum Gasteiger partial charge on any atom is 0.268 e. The van der Waals surface area contributed by atoms with E-state index in [4.69, 9.17) is 11.6 Å². The summed E-state index contributed by atoms with van der Waals surface area (Å²) in [6.45, 7) is 2.53. The summed E-state index contributed by atoms with van der Waals surface area (Å²) in [7, 11) is 0. The minimum absolute atomic E-state index is 0.357. The standard InChI is InChI=1S/C21H17BrClNO2/c1-2-11-24-17-10-9-16(22)19(23)18(17)21(26,20(24)25)15-8-7-13-5-3-4-6-14(13)12-15/h3-10,12,26H,2,11H2,1H3. The van der Waals surface area contributed by atoms with Crippen LogP contribution in [0.2, 0.25) is 5.02 Å². The Morgan fingerprint density at radius 1 is 1.12 bits per heavy atom. The van der Waals surface area contributed by atoms with Crippen molar-refractivity contribution in [3.8, 4) is 0 Å². The Morgan fingerprint density at radius 2 is 1.85 bits per heavy atom. The van der Waals surface area contributed by atoms with Crippen molar-refractivity contribution in [1.82, 2.24) is 0 Å². The molecular weight excluding hydrogens is 414 g/mol. The van der Waals surface area contributed by atoms with E-state index < -0.39 is 5.60 Å². The van der Waals surface area contributed by atoms with Crippen LogP contribution in [0.15, 0.2) is 59.1 Å². The molecule has 4 rings (SSSR count). The lowest BCUT2D eigenvalue weighted by Crippen LogP contribution is -2.41. The molecule has 132 valence electrons. The van der Waals surface area contributed by atoms with Gasteiger partial charge >= 0.3 is 0 Å². The van der Waals surface area contributed by atoms with Crippen LogP contribution in [0.5, 0.6) is 0 Å². The monoisotopic (exact) mass is 429 g/mol. The highest BCUT2D eigenvalue weighted by Gasteiger charge is 2.52. The van der Waals surface area contributed by atoms with E-state index in [1.807, 2.05) is 55.5 Å². The molecule has 3 nitrogen and oxygen atoms in total. The number of halogens is 2. The molecule has 26 heavy (non-hydrogen) atoms. The molecule has 0 radical (unpaired) electrons. The summed E-state index contributed by atoms with van der Waals surface area (Å²) in [5.41, 5.74) is -0.154. The maximum atomic E-state index is 13.3. The van der Waals surface area contributed by atoms with Crippen molar-refractivity contribution in [3.05, 3.63) is 75.2 Å². The fourth-order valence-corrected chi connectivity index (χ4v) is 4.28. The first-order chi connectivity index (χ1) is 12.5. The molecule has 0 saturated heterocycles. The number of carbonyl (C=O) groups excluding carboxylic acids is 1. The number of fused-ring (bicyclic) bond motifs is 2. The molecule has 1 unspecified atom stereocenters. The second-order valence-electron chi connectivity index (χ2n) is 6.48. The van der Waals surface area contributed by atoms with Gasteiger partial charge in [-0.25, -0.2) is 0 Å². The van der Waals surface area contributed by atoms with Crippen LogP contribution in [0.3, 0.4) is 0 Å². The fraction of sp³-hybridized carbons (Fsp3) is 0.190. The predicted octanol–water partition coefficient (Wildman–Crippen LogP) is 5.25. The normalized spacial score (nSPS) is 19.2. The zero-order valence-corrected chi connectivity index (χ0v) is 16.5. The number of nitrogens with zero attached hydrogens (tertiary/aromatic N) is 1. The highest BCUT2D eigenvalue weighted by atomic mass is 79.9. The summed E-state index contributed by atoms with van der Waals surface area (Å²) >= 11 is 9.95. The van der Waals surface area contributed by atoms with Crippen LogP contribution in [0.4, 0.5) is 5.69 Å². The van der Waals surface area contributed by atoms with Crippen molar-refractivity contribution in [2.75, 3.05) is 11.4 Å². The number of rotatable bonds is 3. The number of amides is 1. The van der Waals surface area contributed by atoms with Gasteiger partial charge in [0.2, 0.25) is 0 Å². The average Bonchev–Trinajstić information content (AvgIpc) is 2.87. The van der Waals surface area contributed by atoms with Crippen LogP contribution in [-0.2, 0) is 10.4 Å². The SMILES string of the molecule is CCCN1C(=O)C(O)(c2ccc3ccccc3c2)c2c1ccc(Br)c2Cl. The zero-order chi connectivity index (χ0) is 18.5. The Hall–Kier alpha value is -1.88. The van der Waals surface area contributed by atoms with E-state index in [9.17, 15) is 9.90 Å². The lowest BCUT2D eigenvalue weighted by atomic mass is 9.86. The van der Waals surface area contributed by atoms with Gasteiger partial charge in [0.05, 0.1) is 10.7 Å². The smallest absolute Gasteiger partial charge is 0.268 e. The molecule has 0 spiro atoms. The summed E-state index contributed by atoms with van der Waals surface area (Å²) in [6, 6.07) is 17.1. The van der Waals surface area contributed by atoms with Gasteiger partial charge in [-0.2, -0.15) is 0 Å². The number of hydrogen-bond acceptors (Lipinski definition) is 2. The van der Waals surface area contributed by atoms with Crippen molar-refractivity contribution < 1.29 is 9.90 Å². The molecule has 0 bridgehead atoms. The molecule has 3 aromatic rings. The van der Waals surface area contributed by atoms with Crippen LogP contribution in [0.1, 0.15) is 24.5 Å². The summed E-state index contributed by atoms with van der Waals surface area (Å²) in [5, 5.41) is 14.0. The molecule has 1 N–H and O–H groups in total. The molecular formula is C21H17BrClNO2. The molecule has 1 atom stereocenters. The second kappa shape index (κ2) is 6.38. The molecule has 1 amide bonds. The van der Waals surface area contributed by atoms with E-state index in [1.165, 1.54) is 0 Å². The summed E-state index contributed by atoms with van der Waals surface area (Å²) in [5.74, 6) is -0.357. The van der Waals surface area contributed by atoms with E-state index >= 15 is 0 Å². The van der Waals surface area contributed by atoms with Crippen molar-refractivity contribution in [2.24, 2.45) is 0 Å². The third-order valence-electron chi connectivity index (χ3n) is 4.89. The van der Waals surface area contributed by atoms with E-state index in [2.05, 4.69) is 15.9 Å². The molecule has 0 aliphatic carbocycles. The van der Waals surface area contributed by atoms with E-state index in [1.54, 1.807) is 11.0 Å². The van der Waals surface area contributed by atoms with Crippen molar-refractivity contribution in [3.63, 3.8) is 0 Å². The van der Waals surface area contributed by atoms with Crippen LogP contribution in [0, 0.1) is 0 Å². The molecule has 1 heterocycles. The number of carbonyl (C=O) groups is 1. The lowest BCUT2D eigenvalue weighted by Gasteiger charge is -2.24. The molecule has 0 saturated carbocycles. The van der Waals surface area contributed by atoms with Gasteiger partial charge in [0.15, 0.2) is 5.60 Å². The third kappa shape index (κ3) is 2.40. The van der Waals surface area contributed by atoms with Crippen molar-refractivity contribution in [1.29, 1.82) is 0 Å². The number of hydrogen-bond donors (Lipinski definition) is 1. The quantitative estimate of drug-likeness (QED) is 0.616. The largest absolute Gasteiger partial charge is 0.372 e. The summed E-state index contributed by atoms with van der Waals surface area (Å²) in [6.07, 6.45) is 0.784. The fourth-order valence-electron chi connectivity index (χ4n) is 3.65. The van der Waals surface area contributed by atoms with E-state index in [0.717, 1.165) is 17.2 Å². The predicted molar refractivity (Wildman–Crippen MR) is 109 cm³/mol. The van der Waals surface area contributed by atoms with Gasteiger partial charge in [0, 0.05) is 16.6 Å². The van der Waals surface area contributed by atoms with E-state index in [-0.39, 0.29) is 5.91 Å². The minimum atomic E-state index is -1.80. The van der Waals surface area contributed by atoms with Gasteiger partial charge < -0.3 is 10.0 Å². The van der Waals surface area contributed by atoms with Crippen LogP contribution in [-0.4, -0.2) is 17.6 Å². The van der Waals surface area contributed by atoms with E-state index in [0.29, 0.717) is 32.9 Å². The summed E-state index contributed by atoms with van der Waals surface area (Å²) in [4.78, 5) is 14.9. The topological polar surface area (TPSA) is 40.5 Å². The van der Waals surface area contributed by atoms with Gasteiger partial charge in [-0.3, -0.25) is 4.79 Å². The molecule has 1 aliphatic heterocycles. The molecule has 5 heteroatoms. The Morgan fingerprint density at radius 3 is 2.58 bits per heavy atom. The number of anilines is 1. The first kappa shape index (κ1) is 17.5. The first-order valence-electron chi connectivity index (χ1n) is 8.50. The lowest BCUT2D eigenvalue weighted by molar-refractivity contribution is -0.132. The summed E-state index contributed by atoms with van der Waals surface area (Å²) < 4.78 is 0.656. The molecule has 1 aliphatic rings. The Kier molecular flexibility index (Phi) is 4.30. The van der Waals surface area contributed by atoms with Crippen LogP contribution >= 0.6 is 27.5 Å². The van der Waals surface area contributed by atoms with Crippen molar-refractivity contribution >= 4 is 49.9 Å². The molecule has 3 aromatic carbocycles. The van der Waals surface area contributed by atoms with Crippen LogP contribution in [0.25, 0.3) is 10.8 Å². The number of aliphatic hydroxyl groups is 1. The van der Waals surface area contributed by atoms with Crippen molar-refractivity contribution in [2.45, 2.75) is 18.9 Å². The Labute approximate surface area is 165 Å². The highest BCUT2D eigenvalue weighted by Crippen LogP contribution is 2.50. The van der Waals surface area contributed by atoms with Gasteiger partial charge in [0.25, 0.3) is 5.91 Å². The Bertz CT molecular complexity index is 1040. The number of benzene rings is 3. The minimum Gasteiger partial charge on any atom is -0.372 e. The zero-order valence-electron chi connectivity index (χ0n) is 14.2. The molecule has 0 aromatic heterocycles. The van der Waals surface area contributed by atoms with Gasteiger partial charge in [-0.1, -0.05) is 54.9 Å². The van der Waals surface area contributed by atoms with Crippen LogP contribution < -0.4 is 4.90 Å².